The Morgan fingerprint density at radius 2 is 2.00 bits per heavy atom. The number of benzene rings is 1. The highest BCUT2D eigenvalue weighted by molar-refractivity contribution is 7.52. The van der Waals surface area contributed by atoms with Gasteiger partial charge in [0.15, 0.2) is 5.82 Å². The molecule has 220 valence electrons. The van der Waals surface area contributed by atoms with Gasteiger partial charge in [0.1, 0.15) is 54.6 Å². The molecule has 0 spiro atoms. The molecule has 1 aliphatic rings. The minimum Gasteiger partial charge on any atom is -0.464 e. The van der Waals surface area contributed by atoms with Crippen molar-refractivity contribution in [1.29, 1.82) is 5.26 Å². The van der Waals surface area contributed by atoms with Gasteiger partial charge in [0.2, 0.25) is 5.60 Å². The standard InChI is InChI=1S/C26H33N6O8P/c1-16(24(35)37-13-25(2,3)4)31-41(36,40-17-8-6-5-7-9-17)38-14-26(12-27)22(34)20(33)21(39-26)18-10-11-19-23(28)29-15-30-32(18)19/h5-11,15-16,20-22,33-34H,13-14H2,1-4H3,(H,31,36)(H2,28,29,30)/t16-,20-,21-,22-,26+,41+/m0/s1. The topological polar surface area (TPSA) is 204 Å². The molecule has 6 atom stereocenters. The number of fused-ring (bicyclic) bond motifs is 1. The van der Waals surface area contributed by atoms with Crippen LogP contribution >= 0.6 is 7.75 Å². The number of nitrogens with one attached hydrogen (secondary N) is 1. The lowest BCUT2D eigenvalue weighted by Crippen LogP contribution is -2.46. The average molecular weight is 589 g/mol. The fourth-order valence-electron chi connectivity index (χ4n) is 4.07. The predicted molar refractivity (Wildman–Crippen MR) is 145 cm³/mol. The van der Waals surface area contributed by atoms with Crippen molar-refractivity contribution in [3.05, 3.63) is 54.5 Å². The van der Waals surface area contributed by atoms with Gasteiger partial charge in [-0.1, -0.05) is 39.0 Å². The molecule has 0 radical (unpaired) electrons. The van der Waals surface area contributed by atoms with Crippen LogP contribution in [-0.2, 0) is 23.4 Å². The van der Waals surface area contributed by atoms with Gasteiger partial charge in [-0.25, -0.2) is 14.1 Å². The number of nitrogen functional groups attached to an aromatic ring is 1. The van der Waals surface area contributed by atoms with Crippen LogP contribution in [0.3, 0.4) is 0 Å². The summed E-state index contributed by atoms with van der Waals surface area (Å²) in [6, 6.07) is 11.9. The zero-order valence-electron chi connectivity index (χ0n) is 23.0. The molecule has 1 saturated heterocycles. The maximum absolute atomic E-state index is 13.9. The van der Waals surface area contributed by atoms with E-state index in [9.17, 15) is 24.8 Å². The molecule has 5 N–H and O–H groups in total. The zero-order chi connectivity index (χ0) is 30.0. The van der Waals surface area contributed by atoms with Crippen LogP contribution in [0, 0.1) is 16.7 Å². The van der Waals surface area contributed by atoms with Crippen molar-refractivity contribution in [1.82, 2.24) is 19.7 Å². The summed E-state index contributed by atoms with van der Waals surface area (Å²) in [6.45, 7) is 6.39. The van der Waals surface area contributed by atoms with Gasteiger partial charge in [0, 0.05) is 0 Å². The Balaban J connectivity index is 1.57. The number of hydrogen-bond acceptors (Lipinski definition) is 12. The van der Waals surface area contributed by atoms with E-state index < -0.39 is 50.3 Å². The smallest absolute Gasteiger partial charge is 0.459 e. The Morgan fingerprint density at radius 1 is 1.29 bits per heavy atom. The Labute approximate surface area is 236 Å². The van der Waals surface area contributed by atoms with E-state index in [-0.39, 0.29) is 29.3 Å². The van der Waals surface area contributed by atoms with Gasteiger partial charge >= 0.3 is 13.7 Å². The number of aliphatic hydroxyl groups is 2. The highest BCUT2D eigenvalue weighted by Crippen LogP contribution is 2.48. The normalized spacial score (nSPS) is 24.9. The zero-order valence-corrected chi connectivity index (χ0v) is 23.9. The molecule has 0 saturated carbocycles. The molecule has 41 heavy (non-hydrogen) atoms. The summed E-state index contributed by atoms with van der Waals surface area (Å²) in [5.74, 6) is -0.383. The van der Waals surface area contributed by atoms with E-state index in [1.807, 2.05) is 26.8 Å². The highest BCUT2D eigenvalue weighted by atomic mass is 31.2. The fourth-order valence-corrected chi connectivity index (χ4v) is 5.59. The first-order valence-electron chi connectivity index (χ1n) is 12.7. The number of carbonyl (C=O) groups excluding carboxylic acids is 1. The SMILES string of the molecule is C[C@H](N[P@@](=O)(OC[C@@]1(C#N)O[C@@H](c2ccc3c(N)ncnn23)[C@H](O)[C@@H]1O)Oc1ccccc1)C(=O)OCC(C)(C)C. The van der Waals surface area contributed by atoms with E-state index in [1.165, 1.54) is 29.9 Å². The van der Waals surface area contributed by atoms with Crippen molar-refractivity contribution in [3.8, 4) is 11.8 Å². The van der Waals surface area contributed by atoms with E-state index in [0.29, 0.717) is 5.52 Å². The maximum Gasteiger partial charge on any atom is 0.459 e. The van der Waals surface area contributed by atoms with Crippen molar-refractivity contribution in [3.63, 3.8) is 0 Å². The summed E-state index contributed by atoms with van der Waals surface area (Å²) in [5, 5.41) is 38.5. The molecule has 2 aromatic heterocycles. The lowest BCUT2D eigenvalue weighted by molar-refractivity contribution is -0.148. The Bertz CT molecular complexity index is 1470. The molecule has 4 rings (SSSR count). The summed E-state index contributed by atoms with van der Waals surface area (Å²) in [4.78, 5) is 16.5. The molecule has 1 fully saturated rings. The second kappa shape index (κ2) is 11.7. The molecule has 0 amide bonds. The van der Waals surface area contributed by atoms with Crippen LogP contribution in [0.4, 0.5) is 5.82 Å². The molecular weight excluding hydrogens is 555 g/mol. The minimum atomic E-state index is -4.41. The number of hydrogen-bond donors (Lipinski definition) is 4. The third-order valence-electron chi connectivity index (χ3n) is 6.21. The largest absolute Gasteiger partial charge is 0.464 e. The Kier molecular flexibility index (Phi) is 8.70. The first-order chi connectivity index (χ1) is 19.3. The molecular formula is C26H33N6O8P. The maximum atomic E-state index is 13.9. The van der Waals surface area contributed by atoms with Crippen molar-refractivity contribution in [2.24, 2.45) is 5.41 Å². The first kappa shape index (κ1) is 30.4. The Morgan fingerprint density at radius 3 is 2.66 bits per heavy atom. The molecule has 0 bridgehead atoms. The number of nitriles is 1. The molecule has 0 aliphatic carbocycles. The average Bonchev–Trinajstić information content (AvgIpc) is 3.46. The summed E-state index contributed by atoms with van der Waals surface area (Å²) >= 11 is 0. The van der Waals surface area contributed by atoms with Crippen LogP contribution < -0.4 is 15.3 Å². The number of carbonyl (C=O) groups is 1. The van der Waals surface area contributed by atoms with Gasteiger partial charge in [0.25, 0.3) is 0 Å². The van der Waals surface area contributed by atoms with Crippen LogP contribution in [0.5, 0.6) is 5.75 Å². The van der Waals surface area contributed by atoms with Crippen molar-refractivity contribution in [2.45, 2.75) is 57.6 Å². The van der Waals surface area contributed by atoms with Crippen LogP contribution in [0.1, 0.15) is 39.5 Å². The second-order valence-corrected chi connectivity index (χ2v) is 12.6. The number of esters is 1. The summed E-state index contributed by atoms with van der Waals surface area (Å²) in [6.07, 6.45) is -3.41. The number of aliphatic hydroxyl groups excluding tert-OH is 2. The number of nitrogens with zero attached hydrogens (tertiary/aromatic N) is 4. The lowest BCUT2D eigenvalue weighted by atomic mass is 9.96. The van der Waals surface area contributed by atoms with Crippen LogP contribution in [0.25, 0.3) is 5.52 Å². The molecule has 0 unspecified atom stereocenters. The van der Waals surface area contributed by atoms with Gasteiger partial charge < -0.3 is 29.9 Å². The number of anilines is 1. The minimum absolute atomic E-state index is 0.115. The number of rotatable bonds is 10. The molecule has 1 aromatic carbocycles. The highest BCUT2D eigenvalue weighted by Gasteiger charge is 2.57. The van der Waals surface area contributed by atoms with E-state index in [1.54, 1.807) is 30.3 Å². The van der Waals surface area contributed by atoms with Crippen LogP contribution in [0.15, 0.2) is 48.8 Å². The Hall–Kier alpha value is -3.57. The summed E-state index contributed by atoms with van der Waals surface area (Å²) in [7, 11) is -4.41. The number of nitrogens with two attached hydrogens (primary N) is 1. The van der Waals surface area contributed by atoms with E-state index >= 15 is 0 Å². The van der Waals surface area contributed by atoms with Gasteiger partial charge in [-0.3, -0.25) is 9.32 Å². The molecule has 1 aliphatic heterocycles. The predicted octanol–water partition coefficient (Wildman–Crippen LogP) is 2.14. The van der Waals surface area contributed by atoms with E-state index in [4.69, 9.17) is 24.3 Å². The van der Waals surface area contributed by atoms with Crippen molar-refractivity contribution < 1.29 is 38.1 Å². The molecule has 3 aromatic rings. The van der Waals surface area contributed by atoms with Crippen LogP contribution in [0.2, 0.25) is 0 Å². The second-order valence-electron chi connectivity index (χ2n) is 10.9. The van der Waals surface area contributed by atoms with Gasteiger partial charge in [0.05, 0.1) is 12.3 Å². The summed E-state index contributed by atoms with van der Waals surface area (Å²) < 4.78 is 37.7. The lowest BCUT2D eigenvalue weighted by Gasteiger charge is -2.28. The first-order valence-corrected chi connectivity index (χ1v) is 14.3. The van der Waals surface area contributed by atoms with E-state index in [2.05, 4.69) is 15.2 Å². The third kappa shape index (κ3) is 6.68. The molecule has 14 nitrogen and oxygen atoms in total. The quantitative estimate of drug-likeness (QED) is 0.198. The van der Waals surface area contributed by atoms with Gasteiger partial charge in [-0.2, -0.15) is 15.4 Å². The molecule has 3 heterocycles. The fraction of sp³-hybridized carbons (Fsp3) is 0.462. The van der Waals surface area contributed by atoms with E-state index in [0.717, 1.165) is 0 Å². The molecule has 15 heteroatoms. The number of aromatic nitrogens is 3. The summed E-state index contributed by atoms with van der Waals surface area (Å²) in [5.41, 5.74) is 4.12. The van der Waals surface area contributed by atoms with Crippen molar-refractivity contribution >= 4 is 25.1 Å². The number of para-hydroxylation sites is 1. The number of ether oxygens (including phenoxy) is 2. The third-order valence-corrected chi connectivity index (χ3v) is 7.83. The van der Waals surface area contributed by atoms with Crippen LogP contribution in [-0.4, -0.2) is 67.8 Å². The van der Waals surface area contributed by atoms with Crippen molar-refractivity contribution in [2.75, 3.05) is 18.9 Å². The van der Waals surface area contributed by atoms with Gasteiger partial charge in [-0.05, 0) is 36.6 Å². The van der Waals surface area contributed by atoms with Gasteiger partial charge in [-0.15, -0.1) is 0 Å². The monoisotopic (exact) mass is 588 g/mol.